The first-order chi connectivity index (χ1) is 10.2. The summed E-state index contributed by atoms with van der Waals surface area (Å²) in [4.78, 5) is 29.8. The number of hydrazine groups is 1. The smallest absolute Gasteiger partial charge is 0.259 e. The number of hydrogen-bond acceptors (Lipinski definition) is 5. The maximum atomic E-state index is 12.6. The number of anilines is 3. The lowest BCUT2D eigenvalue weighted by Gasteiger charge is -2.29. The maximum absolute atomic E-state index is 12.6. The first-order valence-corrected chi connectivity index (χ1v) is 6.32. The van der Waals surface area contributed by atoms with Gasteiger partial charge in [-0.3, -0.25) is 14.5 Å². The number of nitrogen functional groups attached to an aromatic ring is 1. The third kappa shape index (κ3) is 2.41. The molecule has 7 nitrogen and oxygen atoms in total. The molecule has 0 unspecified atom stereocenters. The van der Waals surface area contributed by atoms with Crippen molar-refractivity contribution in [2.45, 2.75) is 0 Å². The average Bonchev–Trinajstić information content (AvgIpc) is 2.53. The van der Waals surface area contributed by atoms with Crippen LogP contribution < -0.4 is 21.5 Å². The number of para-hydroxylation sites is 2. The van der Waals surface area contributed by atoms with E-state index in [-0.39, 0.29) is 18.4 Å². The summed E-state index contributed by atoms with van der Waals surface area (Å²) >= 11 is 0. The molecule has 0 saturated carbocycles. The molecule has 0 aliphatic carbocycles. The molecule has 0 saturated heterocycles. The van der Waals surface area contributed by atoms with Crippen LogP contribution in [0.15, 0.2) is 42.6 Å². The monoisotopic (exact) mass is 283 g/mol. The Morgan fingerprint density at radius 3 is 2.95 bits per heavy atom. The van der Waals surface area contributed by atoms with Crippen LogP contribution >= 0.6 is 0 Å². The Bertz CT molecular complexity index is 716. The van der Waals surface area contributed by atoms with Gasteiger partial charge in [-0.1, -0.05) is 12.1 Å². The van der Waals surface area contributed by atoms with E-state index in [1.807, 2.05) is 6.07 Å². The summed E-state index contributed by atoms with van der Waals surface area (Å²) in [5, 5.41) is 2.74. The third-order valence-electron chi connectivity index (χ3n) is 3.17. The van der Waals surface area contributed by atoms with Crippen LogP contribution in [-0.2, 0) is 4.79 Å². The predicted molar refractivity (Wildman–Crippen MR) is 78.8 cm³/mol. The number of amides is 2. The van der Waals surface area contributed by atoms with E-state index in [1.54, 1.807) is 24.3 Å². The van der Waals surface area contributed by atoms with Crippen molar-refractivity contribution in [3.05, 3.63) is 48.2 Å². The molecule has 0 radical (unpaired) electrons. The molecule has 1 aliphatic heterocycles. The summed E-state index contributed by atoms with van der Waals surface area (Å²) in [5.74, 6) is 5.17. The van der Waals surface area contributed by atoms with Crippen LogP contribution in [0.2, 0.25) is 0 Å². The van der Waals surface area contributed by atoms with Crippen LogP contribution in [0.25, 0.3) is 0 Å². The molecule has 2 aromatic rings. The van der Waals surface area contributed by atoms with Crippen molar-refractivity contribution in [3.8, 4) is 0 Å². The zero-order valence-electron chi connectivity index (χ0n) is 11.0. The van der Waals surface area contributed by atoms with E-state index in [1.165, 1.54) is 17.2 Å². The molecule has 0 spiro atoms. The van der Waals surface area contributed by atoms with Gasteiger partial charge in [0.25, 0.3) is 5.91 Å². The van der Waals surface area contributed by atoms with Crippen molar-refractivity contribution in [3.63, 3.8) is 0 Å². The minimum Gasteiger partial charge on any atom is -0.323 e. The fourth-order valence-corrected chi connectivity index (χ4v) is 2.21. The van der Waals surface area contributed by atoms with E-state index in [4.69, 9.17) is 5.84 Å². The highest BCUT2D eigenvalue weighted by atomic mass is 16.2. The molecule has 0 atom stereocenters. The van der Waals surface area contributed by atoms with Gasteiger partial charge >= 0.3 is 0 Å². The molecule has 1 aromatic heterocycles. The van der Waals surface area contributed by atoms with Gasteiger partial charge in [0.1, 0.15) is 12.4 Å². The SMILES string of the molecule is NNc1cc(C(=O)N2CC(=O)Nc3ccccc32)ccn1. The number of nitrogens with one attached hydrogen (secondary N) is 2. The molecule has 2 heterocycles. The number of aromatic nitrogens is 1. The molecular formula is C14H13N5O2. The van der Waals surface area contributed by atoms with Gasteiger partial charge in [-0.2, -0.15) is 0 Å². The van der Waals surface area contributed by atoms with Gasteiger partial charge in [0.05, 0.1) is 11.4 Å². The molecule has 106 valence electrons. The van der Waals surface area contributed by atoms with E-state index in [0.29, 0.717) is 22.8 Å². The van der Waals surface area contributed by atoms with Crippen molar-refractivity contribution in [1.82, 2.24) is 4.98 Å². The molecule has 0 fully saturated rings. The number of nitrogens with two attached hydrogens (primary N) is 1. The Morgan fingerprint density at radius 1 is 1.33 bits per heavy atom. The van der Waals surface area contributed by atoms with E-state index < -0.39 is 0 Å². The van der Waals surface area contributed by atoms with Gasteiger partial charge in [0, 0.05) is 11.8 Å². The second kappa shape index (κ2) is 5.22. The molecule has 2 amide bonds. The minimum atomic E-state index is -0.281. The number of fused-ring (bicyclic) bond motifs is 1. The lowest BCUT2D eigenvalue weighted by Crippen LogP contribution is -2.42. The summed E-state index contributed by atoms with van der Waals surface area (Å²) in [7, 11) is 0. The first kappa shape index (κ1) is 13.1. The van der Waals surface area contributed by atoms with Crippen molar-refractivity contribution in [2.75, 3.05) is 22.2 Å². The van der Waals surface area contributed by atoms with E-state index in [2.05, 4.69) is 15.7 Å². The van der Waals surface area contributed by atoms with E-state index in [0.717, 1.165) is 0 Å². The van der Waals surface area contributed by atoms with Gasteiger partial charge in [0.2, 0.25) is 5.91 Å². The normalized spacial score (nSPS) is 13.4. The molecular weight excluding hydrogens is 270 g/mol. The van der Waals surface area contributed by atoms with Gasteiger partial charge < -0.3 is 10.7 Å². The average molecular weight is 283 g/mol. The Hall–Kier alpha value is -2.93. The molecule has 4 N–H and O–H groups in total. The molecule has 0 bridgehead atoms. The highest BCUT2D eigenvalue weighted by Crippen LogP contribution is 2.30. The number of nitrogens with zero attached hydrogens (tertiary/aromatic N) is 2. The number of pyridine rings is 1. The van der Waals surface area contributed by atoms with Crippen molar-refractivity contribution >= 4 is 29.0 Å². The summed E-state index contributed by atoms with van der Waals surface area (Å²) < 4.78 is 0. The van der Waals surface area contributed by atoms with E-state index in [9.17, 15) is 9.59 Å². The number of rotatable bonds is 2. The van der Waals surface area contributed by atoms with Crippen LogP contribution in [0.5, 0.6) is 0 Å². The number of hydrogen-bond donors (Lipinski definition) is 3. The highest BCUT2D eigenvalue weighted by Gasteiger charge is 2.27. The summed E-state index contributed by atoms with van der Waals surface area (Å²) in [6.07, 6.45) is 1.48. The van der Waals surface area contributed by atoms with Crippen LogP contribution in [-0.4, -0.2) is 23.3 Å². The lowest BCUT2D eigenvalue weighted by molar-refractivity contribution is -0.115. The highest BCUT2D eigenvalue weighted by molar-refractivity contribution is 6.15. The fraction of sp³-hybridized carbons (Fsp3) is 0.0714. The number of carbonyl (C=O) groups excluding carboxylic acids is 2. The van der Waals surface area contributed by atoms with Crippen LogP contribution in [0, 0.1) is 0 Å². The molecule has 1 aromatic carbocycles. The van der Waals surface area contributed by atoms with Gasteiger partial charge in [-0.25, -0.2) is 10.8 Å². The standard InChI is InChI=1S/C14H13N5O2/c15-18-12-7-9(5-6-16-12)14(21)19-8-13(20)17-10-3-1-2-4-11(10)19/h1-7H,8,15H2,(H,16,18)(H,17,20). The van der Waals surface area contributed by atoms with Crippen molar-refractivity contribution in [2.24, 2.45) is 5.84 Å². The minimum absolute atomic E-state index is 0.0242. The number of benzene rings is 1. The second-order valence-corrected chi connectivity index (χ2v) is 4.53. The maximum Gasteiger partial charge on any atom is 0.259 e. The van der Waals surface area contributed by atoms with E-state index >= 15 is 0 Å². The Balaban J connectivity index is 1.99. The summed E-state index contributed by atoms with van der Waals surface area (Å²) in [6.45, 7) is -0.0242. The Morgan fingerprint density at radius 2 is 2.14 bits per heavy atom. The molecule has 1 aliphatic rings. The topological polar surface area (TPSA) is 100 Å². The fourth-order valence-electron chi connectivity index (χ4n) is 2.21. The van der Waals surface area contributed by atoms with Crippen molar-refractivity contribution < 1.29 is 9.59 Å². The largest absolute Gasteiger partial charge is 0.323 e. The zero-order valence-corrected chi connectivity index (χ0v) is 11.0. The van der Waals surface area contributed by atoms with Gasteiger partial charge in [0.15, 0.2) is 0 Å². The molecule has 3 rings (SSSR count). The van der Waals surface area contributed by atoms with Crippen molar-refractivity contribution in [1.29, 1.82) is 0 Å². The molecule has 21 heavy (non-hydrogen) atoms. The number of carbonyl (C=O) groups is 2. The van der Waals surface area contributed by atoms with Gasteiger partial charge in [-0.05, 0) is 24.3 Å². The second-order valence-electron chi connectivity index (χ2n) is 4.53. The Labute approximate surface area is 120 Å². The van der Waals surface area contributed by atoms with Crippen LogP contribution in [0.1, 0.15) is 10.4 Å². The molecule has 7 heteroatoms. The van der Waals surface area contributed by atoms with Gasteiger partial charge in [-0.15, -0.1) is 0 Å². The predicted octanol–water partition coefficient (Wildman–Crippen LogP) is 0.966. The first-order valence-electron chi connectivity index (χ1n) is 6.32. The summed E-state index contributed by atoms with van der Waals surface area (Å²) in [5.41, 5.74) is 4.08. The van der Waals surface area contributed by atoms with Crippen LogP contribution in [0.4, 0.5) is 17.2 Å². The quantitative estimate of drug-likeness (QED) is 0.563. The third-order valence-corrected chi connectivity index (χ3v) is 3.17. The Kier molecular flexibility index (Phi) is 3.25. The lowest BCUT2D eigenvalue weighted by atomic mass is 10.1. The van der Waals surface area contributed by atoms with Crippen LogP contribution in [0.3, 0.4) is 0 Å². The zero-order chi connectivity index (χ0) is 14.8. The summed E-state index contributed by atoms with van der Waals surface area (Å²) in [6, 6.07) is 10.3.